The van der Waals surface area contributed by atoms with E-state index in [0.29, 0.717) is 12.5 Å². The molecule has 0 aliphatic carbocycles. The fourth-order valence-corrected chi connectivity index (χ4v) is 1.65. The third-order valence-corrected chi connectivity index (χ3v) is 2.69. The van der Waals surface area contributed by atoms with Crippen molar-refractivity contribution in [3.05, 3.63) is 0 Å². The van der Waals surface area contributed by atoms with E-state index in [1.54, 1.807) is 0 Å². The van der Waals surface area contributed by atoms with Crippen LogP contribution in [0.25, 0.3) is 0 Å². The third-order valence-electron chi connectivity index (χ3n) is 2.69. The fraction of sp³-hybridized carbons (Fsp3) is 0.923. The highest BCUT2D eigenvalue weighted by molar-refractivity contribution is 5.37. The summed E-state index contributed by atoms with van der Waals surface area (Å²) >= 11 is 0. The molecule has 108 valence electrons. The number of carbonyl (C=O) groups is 1. The van der Waals surface area contributed by atoms with Crippen LogP contribution in [-0.2, 0) is 9.53 Å². The minimum absolute atomic E-state index is 0.318. The molecule has 5 nitrogen and oxygen atoms in total. The van der Waals surface area contributed by atoms with Crippen LogP contribution in [0.1, 0.15) is 34.1 Å². The van der Waals surface area contributed by atoms with Gasteiger partial charge in [-0.25, -0.2) is 0 Å². The number of piperazine rings is 1. The number of ether oxygens (including phenoxy) is 1. The van der Waals surface area contributed by atoms with E-state index in [2.05, 4.69) is 21.9 Å². The van der Waals surface area contributed by atoms with Crippen LogP contribution in [0.3, 0.4) is 0 Å². The van der Waals surface area contributed by atoms with Crippen molar-refractivity contribution in [2.24, 2.45) is 5.73 Å². The highest BCUT2D eigenvalue weighted by atomic mass is 16.5. The van der Waals surface area contributed by atoms with Crippen molar-refractivity contribution < 1.29 is 9.53 Å². The van der Waals surface area contributed by atoms with Crippen LogP contribution in [-0.4, -0.2) is 55.7 Å². The van der Waals surface area contributed by atoms with Gasteiger partial charge in [0.25, 0.3) is 6.47 Å². The second-order valence-electron chi connectivity index (χ2n) is 5.56. The molecule has 0 spiro atoms. The van der Waals surface area contributed by atoms with E-state index < -0.39 is 0 Å². The Bertz CT molecular complexity index is 217. The Hall–Kier alpha value is -0.650. The van der Waals surface area contributed by atoms with Gasteiger partial charge < -0.3 is 15.8 Å². The summed E-state index contributed by atoms with van der Waals surface area (Å²) < 4.78 is 4.55. The molecule has 1 atom stereocenters. The zero-order chi connectivity index (χ0) is 14.0. The molecule has 0 saturated carbocycles. The van der Waals surface area contributed by atoms with E-state index in [1.165, 1.54) is 13.1 Å². The summed E-state index contributed by atoms with van der Waals surface area (Å²) in [5.74, 6) is 0. The standard InChI is InChI=1S/C8H19N3.C5H10O2/c1-8-7-10-4-6-11(8)5-2-3-9;1-5(2,3)7-4-6/h8,10H,2-7,9H2,1H3;4H,1-3H3/t8-;/m0./s1. The number of hydrogen-bond acceptors (Lipinski definition) is 5. The van der Waals surface area contributed by atoms with Crippen LogP contribution in [0.2, 0.25) is 0 Å². The van der Waals surface area contributed by atoms with Crippen LogP contribution in [0.4, 0.5) is 0 Å². The summed E-state index contributed by atoms with van der Waals surface area (Å²) in [7, 11) is 0. The molecule has 1 saturated heterocycles. The number of rotatable bonds is 4. The van der Waals surface area contributed by atoms with Crippen molar-refractivity contribution in [1.29, 1.82) is 0 Å². The molecule has 1 aliphatic rings. The molecular weight excluding hydrogens is 230 g/mol. The largest absolute Gasteiger partial charge is 0.462 e. The maximum atomic E-state index is 9.60. The van der Waals surface area contributed by atoms with Crippen molar-refractivity contribution in [2.75, 3.05) is 32.7 Å². The topological polar surface area (TPSA) is 67.6 Å². The molecule has 1 fully saturated rings. The van der Waals surface area contributed by atoms with Gasteiger partial charge in [-0.05, 0) is 47.2 Å². The lowest BCUT2D eigenvalue weighted by atomic mass is 10.2. The Balaban J connectivity index is 0.000000360. The summed E-state index contributed by atoms with van der Waals surface area (Å²) in [5.41, 5.74) is 5.13. The molecular formula is C13H29N3O2. The van der Waals surface area contributed by atoms with Crippen molar-refractivity contribution >= 4 is 6.47 Å². The number of nitrogens with zero attached hydrogens (tertiary/aromatic N) is 1. The molecule has 5 heteroatoms. The molecule has 1 aliphatic heterocycles. The van der Waals surface area contributed by atoms with Gasteiger partial charge in [-0.15, -0.1) is 0 Å². The number of nitrogens with one attached hydrogen (secondary N) is 1. The monoisotopic (exact) mass is 259 g/mol. The van der Waals surface area contributed by atoms with Crippen molar-refractivity contribution in [2.45, 2.75) is 45.8 Å². The smallest absolute Gasteiger partial charge is 0.293 e. The van der Waals surface area contributed by atoms with Crippen LogP contribution < -0.4 is 11.1 Å². The lowest BCUT2D eigenvalue weighted by Gasteiger charge is -2.33. The highest BCUT2D eigenvalue weighted by Crippen LogP contribution is 2.03. The molecule has 0 bridgehead atoms. The normalized spacial score (nSPS) is 20.8. The Labute approximate surface area is 111 Å². The SMILES string of the molecule is CC(C)(C)OC=O.C[C@H]1CNCCN1CCCN. The summed E-state index contributed by atoms with van der Waals surface area (Å²) in [4.78, 5) is 12.1. The van der Waals surface area contributed by atoms with Gasteiger partial charge >= 0.3 is 0 Å². The van der Waals surface area contributed by atoms with Gasteiger partial charge in [-0.1, -0.05) is 0 Å². The lowest BCUT2D eigenvalue weighted by molar-refractivity contribution is -0.138. The summed E-state index contributed by atoms with van der Waals surface area (Å²) in [5, 5.41) is 3.37. The first-order valence-corrected chi connectivity index (χ1v) is 6.67. The van der Waals surface area contributed by atoms with Crippen LogP contribution in [0.15, 0.2) is 0 Å². The van der Waals surface area contributed by atoms with Gasteiger partial charge in [0.05, 0.1) is 0 Å². The van der Waals surface area contributed by atoms with Crippen molar-refractivity contribution in [3.8, 4) is 0 Å². The van der Waals surface area contributed by atoms with Crippen LogP contribution >= 0.6 is 0 Å². The molecule has 0 unspecified atom stereocenters. The van der Waals surface area contributed by atoms with Gasteiger partial charge in [-0.3, -0.25) is 9.69 Å². The molecule has 0 aromatic rings. The average molecular weight is 259 g/mol. The average Bonchev–Trinajstić information content (AvgIpc) is 2.27. The van der Waals surface area contributed by atoms with E-state index in [4.69, 9.17) is 5.73 Å². The minimum Gasteiger partial charge on any atom is -0.462 e. The van der Waals surface area contributed by atoms with E-state index >= 15 is 0 Å². The predicted molar refractivity (Wildman–Crippen MR) is 74.5 cm³/mol. The second-order valence-corrected chi connectivity index (χ2v) is 5.56. The predicted octanol–water partition coefficient (Wildman–Crippen LogP) is 0.587. The Morgan fingerprint density at radius 1 is 1.50 bits per heavy atom. The minimum atomic E-state index is -0.318. The van der Waals surface area contributed by atoms with Crippen molar-refractivity contribution in [3.63, 3.8) is 0 Å². The first-order chi connectivity index (χ1) is 8.40. The molecule has 3 N–H and O–H groups in total. The van der Waals surface area contributed by atoms with Gasteiger partial charge in [0.15, 0.2) is 0 Å². The van der Waals surface area contributed by atoms with Gasteiger partial charge in [0, 0.05) is 25.7 Å². The first kappa shape index (κ1) is 17.4. The highest BCUT2D eigenvalue weighted by Gasteiger charge is 2.16. The Morgan fingerprint density at radius 2 is 2.17 bits per heavy atom. The molecule has 0 aromatic heterocycles. The second kappa shape index (κ2) is 9.30. The number of carbonyl (C=O) groups excluding carboxylic acids is 1. The number of hydrogen-bond donors (Lipinski definition) is 2. The third kappa shape index (κ3) is 9.39. The summed E-state index contributed by atoms with van der Waals surface area (Å²) in [6, 6.07) is 0.690. The molecule has 0 amide bonds. The fourth-order valence-electron chi connectivity index (χ4n) is 1.65. The van der Waals surface area contributed by atoms with Crippen molar-refractivity contribution in [1.82, 2.24) is 10.2 Å². The Kier molecular flexibility index (Phi) is 8.97. The van der Waals surface area contributed by atoms with Crippen LogP contribution in [0, 0.1) is 0 Å². The quantitative estimate of drug-likeness (QED) is 0.723. The zero-order valence-electron chi connectivity index (χ0n) is 12.2. The first-order valence-electron chi connectivity index (χ1n) is 6.67. The van der Waals surface area contributed by atoms with E-state index in [-0.39, 0.29) is 5.60 Å². The maximum absolute atomic E-state index is 9.60. The zero-order valence-corrected chi connectivity index (χ0v) is 12.2. The van der Waals surface area contributed by atoms with Gasteiger partial charge in [0.1, 0.15) is 5.60 Å². The van der Waals surface area contributed by atoms with Gasteiger partial charge in [-0.2, -0.15) is 0 Å². The molecule has 0 aromatic carbocycles. The summed E-state index contributed by atoms with van der Waals surface area (Å²) in [6.07, 6.45) is 1.13. The molecule has 18 heavy (non-hydrogen) atoms. The molecule has 1 heterocycles. The Morgan fingerprint density at radius 3 is 2.56 bits per heavy atom. The van der Waals surface area contributed by atoms with E-state index in [1.807, 2.05) is 20.8 Å². The number of nitrogens with two attached hydrogens (primary N) is 1. The maximum Gasteiger partial charge on any atom is 0.293 e. The molecule has 1 rings (SSSR count). The van der Waals surface area contributed by atoms with E-state index in [9.17, 15) is 4.79 Å². The van der Waals surface area contributed by atoms with Gasteiger partial charge in [0.2, 0.25) is 0 Å². The summed E-state index contributed by atoms with van der Waals surface area (Å²) in [6.45, 7) is 13.6. The van der Waals surface area contributed by atoms with Crippen LogP contribution in [0.5, 0.6) is 0 Å². The van der Waals surface area contributed by atoms with E-state index in [0.717, 1.165) is 26.1 Å². The molecule has 0 radical (unpaired) electrons. The lowest BCUT2D eigenvalue weighted by Crippen LogP contribution is -2.50.